The smallest absolute Gasteiger partial charge is 0.236 e. The molecule has 0 aromatic carbocycles. The lowest BCUT2D eigenvalue weighted by Crippen LogP contribution is -2.48. The summed E-state index contributed by atoms with van der Waals surface area (Å²) in [5, 5.41) is 6.17. The van der Waals surface area contributed by atoms with E-state index in [2.05, 4.69) is 15.5 Å². The Kier molecular flexibility index (Phi) is 4.40. The molecule has 17 heavy (non-hydrogen) atoms. The third-order valence-corrected chi connectivity index (χ3v) is 4.07. The zero-order valence-electron chi connectivity index (χ0n) is 11.0. The molecule has 1 unspecified atom stereocenters. The first kappa shape index (κ1) is 12.8. The number of nitrogens with one attached hydrogen (secondary N) is 2. The molecular formula is C13H25N3O. The topological polar surface area (TPSA) is 44.4 Å². The number of hydrogen-bond donors (Lipinski definition) is 2. The lowest BCUT2D eigenvalue weighted by atomic mass is 9.97. The summed E-state index contributed by atoms with van der Waals surface area (Å²) in [6, 6.07) is 0.694. The van der Waals surface area contributed by atoms with Gasteiger partial charge in [-0.25, -0.2) is 0 Å². The molecular weight excluding hydrogens is 214 g/mol. The van der Waals surface area contributed by atoms with E-state index in [0.29, 0.717) is 6.04 Å². The summed E-state index contributed by atoms with van der Waals surface area (Å²) in [5.74, 6) is 0.926. The first-order valence-electron chi connectivity index (χ1n) is 6.90. The highest BCUT2D eigenvalue weighted by Gasteiger charge is 2.35. The highest BCUT2D eigenvalue weighted by atomic mass is 16.2. The largest absolute Gasteiger partial charge is 0.358 e. The zero-order valence-corrected chi connectivity index (χ0v) is 11.0. The van der Waals surface area contributed by atoms with Crippen LogP contribution in [0.3, 0.4) is 0 Å². The number of rotatable bonds is 5. The second-order valence-electron chi connectivity index (χ2n) is 5.41. The van der Waals surface area contributed by atoms with Crippen molar-refractivity contribution in [3.05, 3.63) is 0 Å². The van der Waals surface area contributed by atoms with E-state index in [1.807, 2.05) is 6.92 Å². The molecule has 2 fully saturated rings. The van der Waals surface area contributed by atoms with Gasteiger partial charge in [-0.15, -0.1) is 0 Å². The maximum absolute atomic E-state index is 11.8. The summed E-state index contributed by atoms with van der Waals surface area (Å²) in [6.45, 7) is 5.41. The standard InChI is InChI=1S/C13H25N3O/c1-10(13(17)14-2)16(12-3-4-12)9-11-5-7-15-8-6-11/h10-12,15H,3-9H2,1-2H3,(H,14,17). The van der Waals surface area contributed by atoms with E-state index in [-0.39, 0.29) is 11.9 Å². The van der Waals surface area contributed by atoms with Gasteiger partial charge in [0.05, 0.1) is 6.04 Å². The molecule has 0 spiro atoms. The third-order valence-electron chi connectivity index (χ3n) is 4.07. The molecule has 0 aromatic rings. The van der Waals surface area contributed by atoms with Gasteiger partial charge in [0.2, 0.25) is 5.91 Å². The van der Waals surface area contributed by atoms with Crippen LogP contribution in [0.1, 0.15) is 32.6 Å². The minimum atomic E-state index is 0.0300. The Morgan fingerprint density at radius 1 is 1.35 bits per heavy atom. The number of carbonyl (C=O) groups excluding carboxylic acids is 1. The second kappa shape index (κ2) is 5.83. The number of amides is 1. The Morgan fingerprint density at radius 2 is 2.00 bits per heavy atom. The van der Waals surface area contributed by atoms with Crippen LogP contribution < -0.4 is 10.6 Å². The summed E-state index contributed by atoms with van der Waals surface area (Å²) in [4.78, 5) is 14.2. The first-order valence-corrected chi connectivity index (χ1v) is 6.90. The first-order chi connectivity index (χ1) is 8.22. The van der Waals surface area contributed by atoms with E-state index in [1.54, 1.807) is 7.05 Å². The van der Waals surface area contributed by atoms with Gasteiger partial charge in [0, 0.05) is 19.6 Å². The van der Waals surface area contributed by atoms with Crippen molar-refractivity contribution in [2.24, 2.45) is 5.92 Å². The predicted molar refractivity (Wildman–Crippen MR) is 68.9 cm³/mol. The van der Waals surface area contributed by atoms with Gasteiger partial charge in [0.25, 0.3) is 0 Å². The molecule has 0 bridgehead atoms. The minimum Gasteiger partial charge on any atom is -0.358 e. The number of hydrogen-bond acceptors (Lipinski definition) is 3. The predicted octanol–water partition coefficient (Wildman–Crippen LogP) is 0.585. The number of piperidine rings is 1. The Labute approximate surface area is 104 Å². The monoisotopic (exact) mass is 239 g/mol. The number of carbonyl (C=O) groups is 1. The van der Waals surface area contributed by atoms with Crippen LogP contribution in [0.15, 0.2) is 0 Å². The SMILES string of the molecule is CNC(=O)C(C)N(CC1CCNCC1)C1CC1. The highest BCUT2D eigenvalue weighted by Crippen LogP contribution is 2.30. The fourth-order valence-electron chi connectivity index (χ4n) is 2.75. The van der Waals surface area contributed by atoms with Crippen LogP contribution >= 0.6 is 0 Å². The quantitative estimate of drug-likeness (QED) is 0.738. The molecule has 1 aliphatic carbocycles. The van der Waals surface area contributed by atoms with Crippen molar-refractivity contribution >= 4 is 5.91 Å². The molecule has 1 aliphatic heterocycles. The van der Waals surface area contributed by atoms with Crippen molar-refractivity contribution in [3.8, 4) is 0 Å². The van der Waals surface area contributed by atoms with Crippen molar-refractivity contribution in [2.45, 2.75) is 44.7 Å². The van der Waals surface area contributed by atoms with Crippen LogP contribution in [-0.4, -0.2) is 49.6 Å². The molecule has 0 radical (unpaired) electrons. The van der Waals surface area contributed by atoms with Crippen LogP contribution in [0, 0.1) is 5.92 Å². The molecule has 98 valence electrons. The zero-order chi connectivity index (χ0) is 12.3. The molecule has 1 saturated carbocycles. The van der Waals surface area contributed by atoms with Gasteiger partial charge >= 0.3 is 0 Å². The lowest BCUT2D eigenvalue weighted by molar-refractivity contribution is -0.125. The Bertz CT molecular complexity index is 259. The summed E-state index contributed by atoms with van der Waals surface area (Å²) in [7, 11) is 1.73. The average molecular weight is 239 g/mol. The van der Waals surface area contributed by atoms with Gasteiger partial charge in [0.15, 0.2) is 0 Å². The van der Waals surface area contributed by atoms with E-state index in [9.17, 15) is 4.79 Å². The summed E-state index contributed by atoms with van der Waals surface area (Å²) in [5.41, 5.74) is 0. The lowest BCUT2D eigenvalue weighted by Gasteiger charge is -2.33. The van der Waals surface area contributed by atoms with Gasteiger partial charge in [-0.2, -0.15) is 0 Å². The van der Waals surface area contributed by atoms with Crippen LogP contribution in [0.2, 0.25) is 0 Å². The Hall–Kier alpha value is -0.610. The van der Waals surface area contributed by atoms with Gasteiger partial charge in [-0.05, 0) is 51.6 Å². The van der Waals surface area contributed by atoms with Crippen LogP contribution in [0.5, 0.6) is 0 Å². The summed E-state index contributed by atoms with van der Waals surface area (Å²) < 4.78 is 0. The number of likely N-dealkylation sites (N-methyl/N-ethyl adjacent to an activating group) is 1. The molecule has 1 amide bonds. The maximum atomic E-state index is 11.8. The Morgan fingerprint density at radius 3 is 2.53 bits per heavy atom. The minimum absolute atomic E-state index is 0.0300. The second-order valence-corrected chi connectivity index (χ2v) is 5.41. The molecule has 1 atom stereocenters. The fraction of sp³-hybridized carbons (Fsp3) is 0.923. The van der Waals surface area contributed by atoms with E-state index < -0.39 is 0 Å². The molecule has 2 N–H and O–H groups in total. The van der Waals surface area contributed by atoms with Crippen LogP contribution in [0.4, 0.5) is 0 Å². The summed E-state index contributed by atoms with van der Waals surface area (Å²) in [6.07, 6.45) is 5.05. The molecule has 0 aromatic heterocycles. The molecule has 4 heteroatoms. The van der Waals surface area contributed by atoms with E-state index in [0.717, 1.165) is 25.6 Å². The molecule has 1 heterocycles. The van der Waals surface area contributed by atoms with Crippen molar-refractivity contribution in [1.82, 2.24) is 15.5 Å². The normalized spacial score (nSPS) is 23.7. The summed E-state index contributed by atoms with van der Waals surface area (Å²) >= 11 is 0. The molecule has 4 nitrogen and oxygen atoms in total. The van der Waals surface area contributed by atoms with Crippen LogP contribution in [0.25, 0.3) is 0 Å². The van der Waals surface area contributed by atoms with Crippen molar-refractivity contribution in [1.29, 1.82) is 0 Å². The van der Waals surface area contributed by atoms with Crippen molar-refractivity contribution in [3.63, 3.8) is 0 Å². The molecule has 2 rings (SSSR count). The van der Waals surface area contributed by atoms with Gasteiger partial charge in [-0.1, -0.05) is 0 Å². The van der Waals surface area contributed by atoms with Gasteiger partial charge < -0.3 is 10.6 Å². The number of nitrogens with zero attached hydrogens (tertiary/aromatic N) is 1. The van der Waals surface area contributed by atoms with E-state index in [1.165, 1.54) is 25.7 Å². The van der Waals surface area contributed by atoms with E-state index in [4.69, 9.17) is 0 Å². The van der Waals surface area contributed by atoms with Crippen molar-refractivity contribution in [2.75, 3.05) is 26.7 Å². The third kappa shape index (κ3) is 3.42. The van der Waals surface area contributed by atoms with Gasteiger partial charge in [-0.3, -0.25) is 9.69 Å². The fourth-order valence-corrected chi connectivity index (χ4v) is 2.75. The average Bonchev–Trinajstić information content (AvgIpc) is 3.19. The van der Waals surface area contributed by atoms with Gasteiger partial charge in [0.1, 0.15) is 0 Å². The van der Waals surface area contributed by atoms with Crippen molar-refractivity contribution < 1.29 is 4.79 Å². The van der Waals surface area contributed by atoms with Crippen LogP contribution in [-0.2, 0) is 4.79 Å². The van der Waals surface area contributed by atoms with E-state index >= 15 is 0 Å². The maximum Gasteiger partial charge on any atom is 0.236 e. The Balaban J connectivity index is 1.89. The highest BCUT2D eigenvalue weighted by molar-refractivity contribution is 5.81. The molecule has 1 saturated heterocycles. The molecule has 2 aliphatic rings.